The standard InChI is InChI=1S/C17H27N3/c1-10-8-19-20(17(10)18)9-11(2)16-14-4-12-3-13(6-14)7-15(16)5-12/h8,11-16H,3-7,9,18H2,1-2H3. The number of aromatic nitrogens is 2. The first-order valence-corrected chi connectivity index (χ1v) is 8.39. The molecule has 0 spiro atoms. The zero-order chi connectivity index (χ0) is 13.9. The van der Waals surface area contributed by atoms with Crippen molar-refractivity contribution in [1.82, 2.24) is 9.78 Å². The first-order chi connectivity index (χ1) is 9.61. The second kappa shape index (κ2) is 4.51. The summed E-state index contributed by atoms with van der Waals surface area (Å²) in [6.07, 6.45) is 9.48. The molecular formula is C17H27N3. The van der Waals surface area contributed by atoms with E-state index in [4.69, 9.17) is 5.73 Å². The van der Waals surface area contributed by atoms with E-state index in [-0.39, 0.29) is 0 Å². The van der Waals surface area contributed by atoms with E-state index in [1.807, 2.05) is 17.8 Å². The third-order valence-corrected chi connectivity index (χ3v) is 6.49. The van der Waals surface area contributed by atoms with Gasteiger partial charge in [0.05, 0.1) is 6.20 Å². The first-order valence-electron chi connectivity index (χ1n) is 8.39. The van der Waals surface area contributed by atoms with Crippen molar-refractivity contribution in [2.45, 2.75) is 52.5 Å². The molecule has 3 nitrogen and oxygen atoms in total. The molecule has 4 bridgehead atoms. The lowest BCUT2D eigenvalue weighted by Crippen LogP contribution is -2.47. The van der Waals surface area contributed by atoms with Gasteiger partial charge in [-0.25, -0.2) is 4.68 Å². The number of aryl methyl sites for hydroxylation is 1. The Hall–Kier alpha value is -0.990. The lowest BCUT2D eigenvalue weighted by molar-refractivity contribution is -0.0614. The molecule has 3 heteroatoms. The minimum Gasteiger partial charge on any atom is -0.384 e. The maximum absolute atomic E-state index is 6.13. The highest BCUT2D eigenvalue weighted by Crippen LogP contribution is 2.58. The van der Waals surface area contributed by atoms with Crippen LogP contribution >= 0.6 is 0 Å². The second-order valence-corrected chi connectivity index (χ2v) is 7.88. The molecule has 0 radical (unpaired) electrons. The molecule has 4 saturated carbocycles. The van der Waals surface area contributed by atoms with Gasteiger partial charge in [-0.3, -0.25) is 0 Å². The van der Waals surface area contributed by atoms with Crippen molar-refractivity contribution >= 4 is 5.82 Å². The van der Waals surface area contributed by atoms with Gasteiger partial charge in [-0.15, -0.1) is 0 Å². The summed E-state index contributed by atoms with van der Waals surface area (Å²) < 4.78 is 2.03. The van der Waals surface area contributed by atoms with E-state index in [0.717, 1.165) is 47.5 Å². The molecule has 5 rings (SSSR count). The van der Waals surface area contributed by atoms with Crippen molar-refractivity contribution in [3.05, 3.63) is 11.8 Å². The Kier molecular flexibility index (Phi) is 2.87. The number of hydrogen-bond donors (Lipinski definition) is 1. The van der Waals surface area contributed by atoms with Crippen LogP contribution in [0.15, 0.2) is 6.20 Å². The van der Waals surface area contributed by atoms with Crippen LogP contribution in [0.2, 0.25) is 0 Å². The van der Waals surface area contributed by atoms with E-state index in [2.05, 4.69) is 12.0 Å². The number of nitrogens with two attached hydrogens (primary N) is 1. The van der Waals surface area contributed by atoms with Crippen LogP contribution < -0.4 is 5.73 Å². The van der Waals surface area contributed by atoms with E-state index in [0.29, 0.717) is 5.92 Å². The predicted molar refractivity (Wildman–Crippen MR) is 81.1 cm³/mol. The lowest BCUT2D eigenvalue weighted by atomic mass is 9.50. The van der Waals surface area contributed by atoms with Crippen LogP contribution in [0.1, 0.15) is 44.6 Å². The molecule has 0 aromatic carbocycles. The van der Waals surface area contributed by atoms with E-state index in [9.17, 15) is 0 Å². The second-order valence-electron chi connectivity index (χ2n) is 7.88. The number of nitrogen functional groups attached to an aromatic ring is 1. The molecule has 4 fully saturated rings. The molecule has 1 atom stereocenters. The van der Waals surface area contributed by atoms with Gasteiger partial charge < -0.3 is 5.73 Å². The molecule has 4 aliphatic carbocycles. The number of rotatable bonds is 3. The molecule has 2 N–H and O–H groups in total. The topological polar surface area (TPSA) is 43.8 Å². The summed E-state index contributed by atoms with van der Waals surface area (Å²) in [6.45, 7) is 5.49. The molecule has 1 unspecified atom stereocenters. The summed E-state index contributed by atoms with van der Waals surface area (Å²) in [7, 11) is 0. The average molecular weight is 273 g/mol. The minimum atomic E-state index is 0.714. The zero-order valence-electron chi connectivity index (χ0n) is 12.8. The lowest BCUT2D eigenvalue weighted by Gasteiger charge is -2.56. The summed E-state index contributed by atoms with van der Waals surface area (Å²) in [4.78, 5) is 0. The summed E-state index contributed by atoms with van der Waals surface area (Å²) in [5.74, 6) is 6.63. The van der Waals surface area contributed by atoms with Crippen LogP contribution in [0.5, 0.6) is 0 Å². The highest BCUT2D eigenvalue weighted by molar-refractivity contribution is 5.37. The Morgan fingerprint density at radius 1 is 1.20 bits per heavy atom. The monoisotopic (exact) mass is 273 g/mol. The zero-order valence-corrected chi connectivity index (χ0v) is 12.8. The van der Waals surface area contributed by atoms with E-state index >= 15 is 0 Å². The summed E-state index contributed by atoms with van der Waals surface area (Å²) in [6, 6.07) is 0. The van der Waals surface area contributed by atoms with Crippen molar-refractivity contribution in [3.8, 4) is 0 Å². The predicted octanol–water partition coefficient (Wildman–Crippen LogP) is 3.48. The third-order valence-electron chi connectivity index (χ3n) is 6.49. The number of hydrogen-bond acceptors (Lipinski definition) is 2. The molecule has 1 aromatic heterocycles. The fraction of sp³-hybridized carbons (Fsp3) is 0.824. The maximum Gasteiger partial charge on any atom is 0.124 e. The van der Waals surface area contributed by atoms with E-state index < -0.39 is 0 Å². The SMILES string of the molecule is Cc1cnn(CC(C)C2C3CC4CC(C3)CC2C4)c1N. The van der Waals surface area contributed by atoms with Crippen molar-refractivity contribution in [3.63, 3.8) is 0 Å². The summed E-state index contributed by atoms with van der Waals surface area (Å²) >= 11 is 0. The van der Waals surface area contributed by atoms with Crippen LogP contribution in [0.25, 0.3) is 0 Å². The minimum absolute atomic E-state index is 0.714. The Labute approximate surface area is 121 Å². The van der Waals surface area contributed by atoms with Gasteiger partial charge in [0.2, 0.25) is 0 Å². The van der Waals surface area contributed by atoms with Crippen LogP contribution in [-0.4, -0.2) is 9.78 Å². The first kappa shape index (κ1) is 12.7. The van der Waals surface area contributed by atoms with Gasteiger partial charge in [-0.2, -0.15) is 5.10 Å². The smallest absolute Gasteiger partial charge is 0.124 e. The molecule has 4 aliphatic rings. The highest BCUT2D eigenvalue weighted by atomic mass is 15.3. The van der Waals surface area contributed by atoms with Gasteiger partial charge in [0, 0.05) is 12.1 Å². The quantitative estimate of drug-likeness (QED) is 0.916. The van der Waals surface area contributed by atoms with Crippen LogP contribution in [-0.2, 0) is 6.54 Å². The normalized spacial score (nSPS) is 40.2. The van der Waals surface area contributed by atoms with Crippen molar-refractivity contribution < 1.29 is 0 Å². The fourth-order valence-corrected chi connectivity index (χ4v) is 5.92. The van der Waals surface area contributed by atoms with Crippen LogP contribution in [0.3, 0.4) is 0 Å². The Bertz CT molecular complexity index is 476. The Morgan fingerprint density at radius 3 is 2.30 bits per heavy atom. The average Bonchev–Trinajstić information content (AvgIpc) is 2.69. The molecule has 1 heterocycles. The third kappa shape index (κ3) is 1.89. The van der Waals surface area contributed by atoms with Gasteiger partial charge in [-0.1, -0.05) is 6.92 Å². The van der Waals surface area contributed by atoms with Crippen molar-refractivity contribution in [1.29, 1.82) is 0 Å². The molecule has 110 valence electrons. The summed E-state index contributed by atoms with van der Waals surface area (Å²) in [5.41, 5.74) is 7.24. The van der Waals surface area contributed by atoms with Crippen molar-refractivity contribution in [2.75, 3.05) is 5.73 Å². The Morgan fingerprint density at radius 2 is 1.80 bits per heavy atom. The molecule has 0 aliphatic heterocycles. The number of anilines is 1. The van der Waals surface area contributed by atoms with Crippen LogP contribution in [0, 0.1) is 42.4 Å². The summed E-state index contributed by atoms with van der Waals surface area (Å²) in [5, 5.41) is 4.46. The van der Waals surface area contributed by atoms with Gasteiger partial charge in [0.25, 0.3) is 0 Å². The number of nitrogens with zero attached hydrogens (tertiary/aromatic N) is 2. The molecular weight excluding hydrogens is 246 g/mol. The largest absolute Gasteiger partial charge is 0.384 e. The highest BCUT2D eigenvalue weighted by Gasteiger charge is 2.49. The fourth-order valence-electron chi connectivity index (χ4n) is 5.92. The van der Waals surface area contributed by atoms with Gasteiger partial charge >= 0.3 is 0 Å². The Balaban J connectivity index is 1.51. The molecule has 0 amide bonds. The van der Waals surface area contributed by atoms with E-state index in [1.165, 1.54) is 25.7 Å². The van der Waals surface area contributed by atoms with Gasteiger partial charge in [0.1, 0.15) is 5.82 Å². The van der Waals surface area contributed by atoms with Crippen molar-refractivity contribution in [2.24, 2.45) is 35.5 Å². The maximum atomic E-state index is 6.13. The van der Waals surface area contributed by atoms with E-state index in [1.54, 1.807) is 6.42 Å². The van der Waals surface area contributed by atoms with Gasteiger partial charge in [0.15, 0.2) is 0 Å². The van der Waals surface area contributed by atoms with Crippen LogP contribution in [0.4, 0.5) is 5.82 Å². The van der Waals surface area contributed by atoms with Gasteiger partial charge in [-0.05, 0) is 74.5 Å². The molecule has 0 saturated heterocycles. The molecule has 1 aromatic rings. The molecule has 20 heavy (non-hydrogen) atoms.